The first kappa shape index (κ1) is 13.1. The SMILES string of the molecule is O=C(O)c1cccc2ccnc(OCC(F)(F)F)c12. The van der Waals surface area contributed by atoms with Crippen LogP contribution in [0, 0.1) is 0 Å². The van der Waals surface area contributed by atoms with Crippen molar-refractivity contribution in [2.45, 2.75) is 6.18 Å². The van der Waals surface area contributed by atoms with Gasteiger partial charge in [-0.3, -0.25) is 0 Å². The van der Waals surface area contributed by atoms with Crippen LogP contribution in [0.4, 0.5) is 13.2 Å². The number of hydrogen-bond donors (Lipinski definition) is 1. The van der Waals surface area contributed by atoms with Crippen molar-refractivity contribution >= 4 is 16.7 Å². The molecule has 0 fully saturated rings. The maximum Gasteiger partial charge on any atom is 0.422 e. The van der Waals surface area contributed by atoms with E-state index in [2.05, 4.69) is 9.72 Å². The van der Waals surface area contributed by atoms with Gasteiger partial charge in [0.1, 0.15) is 0 Å². The number of alkyl halides is 3. The van der Waals surface area contributed by atoms with Gasteiger partial charge in [-0.05, 0) is 17.5 Å². The Labute approximate surface area is 105 Å². The molecule has 0 aliphatic carbocycles. The number of rotatable bonds is 3. The van der Waals surface area contributed by atoms with Crippen LogP contribution < -0.4 is 4.74 Å². The summed E-state index contributed by atoms with van der Waals surface area (Å²) in [7, 11) is 0. The lowest BCUT2D eigenvalue weighted by Gasteiger charge is -2.11. The van der Waals surface area contributed by atoms with Crippen LogP contribution in [0.15, 0.2) is 30.5 Å². The van der Waals surface area contributed by atoms with Crippen molar-refractivity contribution in [3.8, 4) is 5.88 Å². The van der Waals surface area contributed by atoms with E-state index in [0.717, 1.165) is 0 Å². The predicted octanol–water partition coefficient (Wildman–Crippen LogP) is 2.87. The summed E-state index contributed by atoms with van der Waals surface area (Å²) in [5, 5.41) is 9.54. The van der Waals surface area contributed by atoms with Crippen LogP contribution >= 0.6 is 0 Å². The highest BCUT2D eigenvalue weighted by Gasteiger charge is 2.29. The van der Waals surface area contributed by atoms with Crippen LogP contribution in [0.25, 0.3) is 10.8 Å². The number of carbonyl (C=O) groups is 1. The molecule has 1 N–H and O–H groups in total. The molecular formula is C12H8F3NO3. The summed E-state index contributed by atoms with van der Waals surface area (Å²) in [6, 6.07) is 5.86. The molecule has 0 saturated carbocycles. The van der Waals surface area contributed by atoms with E-state index >= 15 is 0 Å². The molecule has 1 aromatic carbocycles. The molecule has 1 heterocycles. The zero-order valence-corrected chi connectivity index (χ0v) is 9.44. The Balaban J connectivity index is 2.51. The van der Waals surface area contributed by atoms with Crippen molar-refractivity contribution in [1.29, 1.82) is 0 Å². The van der Waals surface area contributed by atoms with Crippen molar-refractivity contribution < 1.29 is 27.8 Å². The maximum absolute atomic E-state index is 12.1. The molecule has 2 aromatic rings. The molecule has 0 amide bonds. The molecular weight excluding hydrogens is 263 g/mol. The fourth-order valence-corrected chi connectivity index (χ4v) is 1.64. The molecule has 0 bridgehead atoms. The summed E-state index contributed by atoms with van der Waals surface area (Å²) in [4.78, 5) is 14.7. The van der Waals surface area contributed by atoms with Gasteiger partial charge in [0.05, 0.1) is 10.9 Å². The first-order valence-electron chi connectivity index (χ1n) is 5.19. The summed E-state index contributed by atoms with van der Waals surface area (Å²) < 4.78 is 41.0. The second-order valence-corrected chi connectivity index (χ2v) is 3.73. The Kier molecular flexibility index (Phi) is 3.28. The minimum Gasteiger partial charge on any atom is -0.478 e. The summed E-state index contributed by atoms with van der Waals surface area (Å²) in [6.07, 6.45) is -3.25. The number of carboxylic acids is 1. The van der Waals surface area contributed by atoms with Gasteiger partial charge in [-0.25, -0.2) is 9.78 Å². The lowest BCUT2D eigenvalue weighted by atomic mass is 10.1. The molecule has 2 rings (SSSR count). The van der Waals surface area contributed by atoms with Gasteiger partial charge in [-0.2, -0.15) is 13.2 Å². The quantitative estimate of drug-likeness (QED) is 0.932. The van der Waals surface area contributed by atoms with E-state index in [1.54, 1.807) is 6.07 Å². The monoisotopic (exact) mass is 271 g/mol. The average Bonchev–Trinajstić information content (AvgIpc) is 2.34. The number of nitrogens with zero attached hydrogens (tertiary/aromatic N) is 1. The first-order valence-corrected chi connectivity index (χ1v) is 5.19. The van der Waals surface area contributed by atoms with Crippen LogP contribution in [0.2, 0.25) is 0 Å². The smallest absolute Gasteiger partial charge is 0.422 e. The summed E-state index contributed by atoms with van der Waals surface area (Å²) >= 11 is 0. The highest BCUT2D eigenvalue weighted by Crippen LogP contribution is 2.28. The predicted molar refractivity (Wildman–Crippen MR) is 60.3 cm³/mol. The van der Waals surface area contributed by atoms with Crippen molar-refractivity contribution in [2.75, 3.05) is 6.61 Å². The molecule has 0 unspecified atom stereocenters. The van der Waals surface area contributed by atoms with Crippen LogP contribution in [0.3, 0.4) is 0 Å². The largest absolute Gasteiger partial charge is 0.478 e. The van der Waals surface area contributed by atoms with Gasteiger partial charge in [-0.15, -0.1) is 0 Å². The van der Waals surface area contributed by atoms with Gasteiger partial charge >= 0.3 is 12.1 Å². The van der Waals surface area contributed by atoms with E-state index in [9.17, 15) is 18.0 Å². The third-order valence-electron chi connectivity index (χ3n) is 2.36. The van der Waals surface area contributed by atoms with Crippen molar-refractivity contribution in [3.05, 3.63) is 36.0 Å². The molecule has 0 radical (unpaired) electrons. The molecule has 0 atom stereocenters. The first-order chi connectivity index (χ1) is 8.88. The zero-order chi connectivity index (χ0) is 14.0. The summed E-state index contributed by atoms with van der Waals surface area (Å²) in [6.45, 7) is -1.52. The number of halogens is 3. The van der Waals surface area contributed by atoms with E-state index in [1.807, 2.05) is 0 Å². The second kappa shape index (κ2) is 4.75. The van der Waals surface area contributed by atoms with Gasteiger partial charge in [0.15, 0.2) is 6.61 Å². The van der Waals surface area contributed by atoms with E-state index in [1.165, 1.54) is 24.4 Å². The van der Waals surface area contributed by atoms with E-state index < -0.39 is 18.8 Å². The van der Waals surface area contributed by atoms with Crippen molar-refractivity contribution in [1.82, 2.24) is 4.98 Å². The number of carboxylic acid groups (broad SMARTS) is 1. The van der Waals surface area contributed by atoms with Crippen LogP contribution in [-0.2, 0) is 0 Å². The number of fused-ring (bicyclic) bond motifs is 1. The van der Waals surface area contributed by atoms with Gasteiger partial charge < -0.3 is 9.84 Å². The maximum atomic E-state index is 12.1. The van der Waals surface area contributed by atoms with Crippen molar-refractivity contribution in [2.24, 2.45) is 0 Å². The molecule has 7 heteroatoms. The highest BCUT2D eigenvalue weighted by atomic mass is 19.4. The number of benzene rings is 1. The number of hydrogen-bond acceptors (Lipinski definition) is 3. The fourth-order valence-electron chi connectivity index (χ4n) is 1.64. The minimum absolute atomic E-state index is 0.0572. The number of ether oxygens (including phenoxy) is 1. The normalized spacial score (nSPS) is 11.5. The van der Waals surface area contributed by atoms with Crippen LogP contribution in [0.5, 0.6) is 5.88 Å². The number of aromatic carboxylic acids is 1. The van der Waals surface area contributed by atoms with Gasteiger partial charge in [-0.1, -0.05) is 12.1 Å². The zero-order valence-electron chi connectivity index (χ0n) is 9.44. The molecule has 1 aromatic heterocycles. The standard InChI is InChI=1S/C12H8F3NO3/c13-12(14,15)6-19-10-9-7(4-5-16-10)2-1-3-8(9)11(17)18/h1-5H,6H2,(H,17,18). The lowest BCUT2D eigenvalue weighted by Crippen LogP contribution is -2.20. The molecule has 0 saturated heterocycles. The lowest BCUT2D eigenvalue weighted by molar-refractivity contribution is -0.153. The molecule has 0 aliphatic heterocycles. The third kappa shape index (κ3) is 2.93. The minimum atomic E-state index is -4.51. The third-order valence-corrected chi connectivity index (χ3v) is 2.36. The van der Waals surface area contributed by atoms with E-state index in [-0.39, 0.29) is 16.8 Å². The Morgan fingerprint density at radius 2 is 2.05 bits per heavy atom. The number of pyridine rings is 1. The fraction of sp³-hybridized carbons (Fsp3) is 0.167. The van der Waals surface area contributed by atoms with Crippen LogP contribution in [0.1, 0.15) is 10.4 Å². The summed E-state index contributed by atoms with van der Waals surface area (Å²) in [5.41, 5.74) is -0.150. The second-order valence-electron chi connectivity index (χ2n) is 3.73. The topological polar surface area (TPSA) is 59.4 Å². The summed E-state index contributed by atoms with van der Waals surface area (Å²) in [5.74, 6) is -1.59. The van der Waals surface area contributed by atoms with E-state index in [0.29, 0.717) is 5.39 Å². The van der Waals surface area contributed by atoms with Crippen molar-refractivity contribution in [3.63, 3.8) is 0 Å². The highest BCUT2D eigenvalue weighted by molar-refractivity contribution is 6.05. The molecule has 0 aliphatic rings. The molecule has 100 valence electrons. The van der Waals surface area contributed by atoms with E-state index in [4.69, 9.17) is 5.11 Å². The van der Waals surface area contributed by atoms with Crippen LogP contribution in [-0.4, -0.2) is 28.8 Å². The Morgan fingerprint density at radius 3 is 2.68 bits per heavy atom. The van der Waals surface area contributed by atoms with Gasteiger partial charge in [0.2, 0.25) is 5.88 Å². The van der Waals surface area contributed by atoms with Gasteiger partial charge in [0, 0.05) is 6.20 Å². The Hall–Kier alpha value is -2.31. The Bertz CT molecular complexity index is 620. The average molecular weight is 271 g/mol. The molecule has 0 spiro atoms. The Morgan fingerprint density at radius 1 is 1.32 bits per heavy atom. The molecule has 4 nitrogen and oxygen atoms in total. The molecule has 19 heavy (non-hydrogen) atoms. The van der Waals surface area contributed by atoms with Gasteiger partial charge in [0.25, 0.3) is 0 Å². The number of aromatic nitrogens is 1.